The van der Waals surface area contributed by atoms with E-state index in [1.807, 2.05) is 6.92 Å². The van der Waals surface area contributed by atoms with Gasteiger partial charge in [-0.25, -0.2) is 4.79 Å². The Morgan fingerprint density at radius 3 is 2.38 bits per heavy atom. The van der Waals surface area contributed by atoms with Crippen LogP contribution in [0.1, 0.15) is 52.7 Å². The van der Waals surface area contributed by atoms with Crippen LogP contribution in [0.3, 0.4) is 0 Å². The smallest absolute Gasteiger partial charge is 0.433 e. The average Bonchev–Trinajstić information content (AvgIpc) is 3.41. The lowest BCUT2D eigenvalue weighted by Gasteiger charge is -2.48. The number of hydrogen-bond donors (Lipinski definition) is 3. The average molecular weight is 486 g/mol. The molecule has 13 heteroatoms. The summed E-state index contributed by atoms with van der Waals surface area (Å²) in [4.78, 5) is 38.7. The summed E-state index contributed by atoms with van der Waals surface area (Å²) in [6.07, 6.45) is -2.42. The van der Waals surface area contributed by atoms with E-state index in [1.54, 1.807) is 20.8 Å². The Balaban J connectivity index is 2.59. The summed E-state index contributed by atoms with van der Waals surface area (Å²) < 4.78 is 45.7. The lowest BCUT2D eigenvalue weighted by molar-refractivity contribution is -0.169. The predicted molar refractivity (Wildman–Crippen MR) is 115 cm³/mol. The number of H-pyrrole nitrogens is 1. The summed E-state index contributed by atoms with van der Waals surface area (Å²) in [5, 5.41) is 12.1. The second-order valence-electron chi connectivity index (χ2n) is 8.57. The minimum Gasteiger partial charge on any atom is -0.433 e. The Bertz CT molecular complexity index is 1000. The van der Waals surface area contributed by atoms with Gasteiger partial charge in [0.1, 0.15) is 5.82 Å². The van der Waals surface area contributed by atoms with E-state index in [9.17, 15) is 27.6 Å². The number of nitrogens with two attached hydrogens (primary N) is 1. The molecule has 0 aliphatic carbocycles. The molecule has 0 bridgehead atoms. The fourth-order valence-corrected chi connectivity index (χ4v) is 4.34. The normalized spacial score (nSPS) is 14.8. The summed E-state index contributed by atoms with van der Waals surface area (Å²) in [6, 6.07) is 2.21. The molecule has 34 heavy (non-hydrogen) atoms. The summed E-state index contributed by atoms with van der Waals surface area (Å²) in [5.74, 6) is -2.99. The van der Waals surface area contributed by atoms with Crippen LogP contribution in [0.2, 0.25) is 0 Å². The van der Waals surface area contributed by atoms with Crippen LogP contribution < -0.4 is 11.1 Å². The third-order valence-corrected chi connectivity index (χ3v) is 5.84. The van der Waals surface area contributed by atoms with Gasteiger partial charge in [0, 0.05) is 30.1 Å². The van der Waals surface area contributed by atoms with E-state index >= 15 is 0 Å². The number of amides is 2. The number of primary amides is 1. The van der Waals surface area contributed by atoms with Gasteiger partial charge in [0.15, 0.2) is 11.3 Å². The zero-order valence-corrected chi connectivity index (χ0v) is 19.4. The third-order valence-electron chi connectivity index (χ3n) is 5.84. The number of ether oxygens (including phenoxy) is 1. The molecule has 0 radical (unpaired) electrons. The highest BCUT2D eigenvalue weighted by molar-refractivity contribution is 6.43. The quantitative estimate of drug-likeness (QED) is 0.415. The summed E-state index contributed by atoms with van der Waals surface area (Å²) in [6.45, 7) is 6.56. The van der Waals surface area contributed by atoms with Crippen molar-refractivity contribution in [2.24, 2.45) is 17.1 Å². The highest BCUT2D eigenvalue weighted by atomic mass is 19.4. The van der Waals surface area contributed by atoms with Gasteiger partial charge >= 0.3 is 12.3 Å². The number of alkyl halides is 3. The Hall–Kier alpha value is -3.38. The van der Waals surface area contributed by atoms with Gasteiger partial charge in [-0.2, -0.15) is 23.4 Å². The number of nitrogens with zero attached hydrogens (tertiary/aromatic N) is 3. The van der Waals surface area contributed by atoms with Gasteiger partial charge < -0.3 is 15.8 Å². The minimum absolute atomic E-state index is 0.134. The van der Waals surface area contributed by atoms with Crippen molar-refractivity contribution in [3.8, 4) is 0 Å². The Kier molecular flexibility index (Phi) is 8.11. The van der Waals surface area contributed by atoms with E-state index < -0.39 is 46.6 Å². The van der Waals surface area contributed by atoms with Crippen LogP contribution >= 0.6 is 0 Å². The number of anilines is 1. The van der Waals surface area contributed by atoms with E-state index in [2.05, 4.69) is 20.6 Å². The van der Waals surface area contributed by atoms with Gasteiger partial charge in [0.2, 0.25) is 0 Å². The number of hydrogen-bond acceptors (Lipinski definition) is 6. The van der Waals surface area contributed by atoms with Crippen LogP contribution in [0.25, 0.3) is 0 Å². The van der Waals surface area contributed by atoms with Gasteiger partial charge in [-0.15, -0.1) is 0 Å². The van der Waals surface area contributed by atoms with E-state index in [1.165, 1.54) is 12.3 Å². The van der Waals surface area contributed by atoms with Gasteiger partial charge in [-0.1, -0.05) is 34.1 Å². The van der Waals surface area contributed by atoms with E-state index in [4.69, 9.17) is 10.5 Å². The molecule has 2 amide bonds. The SMILES string of the molecule is CCCC(C)(C)C(OC(N)=O)(C(=O)C(=O)Nc1ccn[nH]1)C(CC)Cn1ccc(C(F)(F)F)n1. The van der Waals surface area contributed by atoms with Gasteiger partial charge in [0.05, 0.1) is 6.20 Å². The van der Waals surface area contributed by atoms with Crippen molar-refractivity contribution in [1.29, 1.82) is 0 Å². The first-order chi connectivity index (χ1) is 15.8. The van der Waals surface area contributed by atoms with Crippen molar-refractivity contribution in [3.63, 3.8) is 0 Å². The van der Waals surface area contributed by atoms with Crippen molar-refractivity contribution >= 4 is 23.6 Å². The zero-order chi connectivity index (χ0) is 25.7. The number of nitrogens with one attached hydrogen (secondary N) is 2. The number of ketones is 1. The second-order valence-corrected chi connectivity index (χ2v) is 8.57. The number of halogens is 3. The molecule has 2 rings (SSSR count). The third kappa shape index (κ3) is 5.57. The first kappa shape index (κ1) is 26.9. The maximum atomic E-state index is 13.7. The fraction of sp³-hybridized carbons (Fsp3) is 0.571. The van der Waals surface area contributed by atoms with Crippen molar-refractivity contribution < 1.29 is 32.3 Å². The van der Waals surface area contributed by atoms with Crippen LogP contribution in [-0.4, -0.2) is 43.4 Å². The lowest BCUT2D eigenvalue weighted by atomic mass is 9.62. The summed E-state index contributed by atoms with van der Waals surface area (Å²) >= 11 is 0. The zero-order valence-electron chi connectivity index (χ0n) is 19.4. The van der Waals surface area contributed by atoms with Crippen LogP contribution in [0, 0.1) is 11.3 Å². The van der Waals surface area contributed by atoms with Crippen molar-refractivity contribution in [2.45, 2.75) is 65.3 Å². The number of carbonyl (C=O) groups is 3. The largest absolute Gasteiger partial charge is 0.435 e. The molecule has 0 aliphatic rings. The standard InChI is InChI=1S/C21H29F3N6O4/c1-5-9-19(3,4)20(34-18(25)33,16(31)17(32)27-15-7-10-26-28-15)13(6-2)12-30-11-8-14(29-30)21(22,23)24/h7-8,10-11,13H,5-6,9,12H2,1-4H3,(H2,25,33)(H2,26,27,28,32). The molecule has 0 aromatic carbocycles. The Labute approximate surface area is 194 Å². The predicted octanol–water partition coefficient (Wildman–Crippen LogP) is 3.52. The maximum absolute atomic E-state index is 13.7. The molecular formula is C21H29F3N6O4. The molecular weight excluding hydrogens is 457 g/mol. The number of rotatable bonds is 11. The molecule has 0 aliphatic heterocycles. The van der Waals surface area contributed by atoms with Crippen LogP contribution in [-0.2, 0) is 27.0 Å². The molecule has 0 spiro atoms. The fourth-order valence-electron chi connectivity index (χ4n) is 4.34. The Morgan fingerprint density at radius 1 is 1.24 bits per heavy atom. The first-order valence-corrected chi connectivity index (χ1v) is 10.7. The topological polar surface area (TPSA) is 145 Å². The molecule has 2 aromatic heterocycles. The van der Waals surface area contributed by atoms with Crippen LogP contribution in [0.5, 0.6) is 0 Å². The monoisotopic (exact) mass is 486 g/mol. The van der Waals surface area contributed by atoms with Crippen molar-refractivity contribution in [1.82, 2.24) is 20.0 Å². The van der Waals surface area contributed by atoms with Gasteiger partial charge in [-0.3, -0.25) is 19.4 Å². The van der Waals surface area contributed by atoms with E-state index in [0.29, 0.717) is 12.8 Å². The van der Waals surface area contributed by atoms with Gasteiger partial charge in [0.25, 0.3) is 11.7 Å². The molecule has 2 atom stereocenters. The number of carbonyl (C=O) groups excluding carboxylic acids is 3. The maximum Gasteiger partial charge on any atom is 0.435 e. The molecule has 0 saturated heterocycles. The summed E-state index contributed by atoms with van der Waals surface area (Å²) in [7, 11) is 0. The number of Topliss-reactive ketones (excluding diaryl/α,β-unsaturated/α-hetero) is 1. The molecule has 2 unspecified atom stereocenters. The summed E-state index contributed by atoms with van der Waals surface area (Å²) in [5.41, 5.74) is 1.02. The minimum atomic E-state index is -4.66. The Morgan fingerprint density at radius 2 is 1.91 bits per heavy atom. The van der Waals surface area contributed by atoms with Crippen LogP contribution in [0.4, 0.5) is 23.8 Å². The molecule has 0 saturated carbocycles. The molecule has 10 nitrogen and oxygen atoms in total. The van der Waals surface area contributed by atoms with Gasteiger partial charge in [-0.05, 0) is 18.9 Å². The molecule has 2 heterocycles. The van der Waals surface area contributed by atoms with Crippen LogP contribution in [0.15, 0.2) is 24.5 Å². The molecule has 0 fully saturated rings. The number of aromatic nitrogens is 4. The van der Waals surface area contributed by atoms with E-state index in [0.717, 1.165) is 16.9 Å². The van der Waals surface area contributed by atoms with Crippen molar-refractivity contribution in [3.05, 3.63) is 30.2 Å². The molecule has 188 valence electrons. The highest BCUT2D eigenvalue weighted by Crippen LogP contribution is 2.46. The lowest BCUT2D eigenvalue weighted by Crippen LogP contribution is -2.63. The molecule has 2 aromatic rings. The first-order valence-electron chi connectivity index (χ1n) is 10.7. The van der Waals surface area contributed by atoms with Crippen molar-refractivity contribution in [2.75, 3.05) is 5.32 Å². The highest BCUT2D eigenvalue weighted by Gasteiger charge is 2.60. The second kappa shape index (κ2) is 10.3. The molecule has 4 N–H and O–H groups in total. The van der Waals surface area contributed by atoms with E-state index in [-0.39, 0.29) is 18.8 Å². The number of aromatic amines is 1.